The Morgan fingerprint density at radius 2 is 1.97 bits per heavy atom. The van der Waals surface area contributed by atoms with Gasteiger partial charge < -0.3 is 19.9 Å². The van der Waals surface area contributed by atoms with E-state index in [1.165, 1.54) is 36.3 Å². The highest BCUT2D eigenvalue weighted by Crippen LogP contribution is 2.38. The van der Waals surface area contributed by atoms with Crippen LogP contribution in [0.2, 0.25) is 5.02 Å². The number of amides is 2. The van der Waals surface area contributed by atoms with Gasteiger partial charge in [0.2, 0.25) is 5.91 Å². The molecular formula is C20H19ClN2O6. The van der Waals surface area contributed by atoms with Crippen molar-refractivity contribution in [3.8, 4) is 11.5 Å². The molecule has 0 radical (unpaired) electrons. The maximum absolute atomic E-state index is 12.9. The van der Waals surface area contributed by atoms with Crippen LogP contribution in [-0.2, 0) is 9.59 Å². The predicted octanol–water partition coefficient (Wildman–Crippen LogP) is 3.19. The summed E-state index contributed by atoms with van der Waals surface area (Å²) < 4.78 is 10.9. The van der Waals surface area contributed by atoms with E-state index in [9.17, 15) is 19.5 Å². The van der Waals surface area contributed by atoms with Crippen molar-refractivity contribution in [1.82, 2.24) is 0 Å². The van der Waals surface area contributed by atoms with Crippen LogP contribution in [0.25, 0.3) is 0 Å². The third-order valence-electron chi connectivity index (χ3n) is 4.36. The number of carbonyl (C=O) groups excluding carboxylic acids is 2. The fourth-order valence-corrected chi connectivity index (χ4v) is 3.14. The zero-order valence-electron chi connectivity index (χ0n) is 16.0. The Morgan fingerprint density at radius 3 is 2.62 bits per heavy atom. The number of nitrogens with one attached hydrogen (secondary N) is 1. The van der Waals surface area contributed by atoms with E-state index in [2.05, 4.69) is 5.32 Å². The average molecular weight is 419 g/mol. The number of anilines is 2. The number of carbonyl (C=O) groups is 3. The molecule has 29 heavy (non-hydrogen) atoms. The Bertz CT molecular complexity index is 1000. The van der Waals surface area contributed by atoms with Crippen molar-refractivity contribution in [2.24, 2.45) is 0 Å². The minimum absolute atomic E-state index is 0.0261. The predicted molar refractivity (Wildman–Crippen MR) is 107 cm³/mol. The summed E-state index contributed by atoms with van der Waals surface area (Å²) in [5, 5.41) is 12.3. The van der Waals surface area contributed by atoms with E-state index in [1.54, 1.807) is 26.0 Å². The number of hydrogen-bond acceptors (Lipinski definition) is 5. The Balaban J connectivity index is 1.92. The molecule has 3 rings (SSSR count). The molecule has 152 valence electrons. The van der Waals surface area contributed by atoms with Gasteiger partial charge in [-0.25, -0.2) is 4.79 Å². The summed E-state index contributed by atoms with van der Waals surface area (Å²) in [6.07, 6.45) is 0. The molecular weight excluding hydrogens is 400 g/mol. The van der Waals surface area contributed by atoms with Gasteiger partial charge in [-0.15, -0.1) is 0 Å². The molecule has 0 atom stereocenters. The molecule has 2 aromatic rings. The van der Waals surface area contributed by atoms with E-state index in [0.717, 1.165) is 0 Å². The topological polar surface area (TPSA) is 105 Å². The lowest BCUT2D eigenvalue weighted by atomic mass is 10.0. The average Bonchev–Trinajstić information content (AvgIpc) is 2.65. The number of fused-ring (bicyclic) bond motifs is 1. The van der Waals surface area contributed by atoms with Crippen LogP contribution in [0.5, 0.6) is 11.5 Å². The molecule has 8 nitrogen and oxygen atoms in total. The monoisotopic (exact) mass is 418 g/mol. The number of ether oxygens (including phenoxy) is 2. The number of methoxy groups -OCH3 is 1. The molecule has 0 saturated carbocycles. The maximum atomic E-state index is 12.9. The summed E-state index contributed by atoms with van der Waals surface area (Å²) in [6, 6.07) is 8.90. The third kappa shape index (κ3) is 4.12. The Labute approximate surface area is 172 Å². The quantitative estimate of drug-likeness (QED) is 0.772. The highest BCUT2D eigenvalue weighted by Gasteiger charge is 2.42. The number of hydrogen-bond donors (Lipinski definition) is 2. The SMILES string of the molecule is COc1ccc(Cl)cc1NC(=O)CN1C(=O)C(C)(C)Oc2ccc(C(=O)O)cc21. The molecule has 0 aromatic heterocycles. The summed E-state index contributed by atoms with van der Waals surface area (Å²) in [4.78, 5) is 38.1. The zero-order chi connectivity index (χ0) is 21.3. The molecule has 1 aliphatic heterocycles. The van der Waals surface area contributed by atoms with Crippen molar-refractivity contribution >= 4 is 40.8 Å². The molecule has 0 bridgehead atoms. The Morgan fingerprint density at radius 1 is 1.24 bits per heavy atom. The van der Waals surface area contributed by atoms with Crippen LogP contribution >= 0.6 is 11.6 Å². The number of rotatable bonds is 5. The Hall–Kier alpha value is -3.26. The van der Waals surface area contributed by atoms with Crippen LogP contribution in [0.3, 0.4) is 0 Å². The second kappa shape index (κ2) is 7.63. The van der Waals surface area contributed by atoms with Gasteiger partial charge in [-0.05, 0) is 50.2 Å². The van der Waals surface area contributed by atoms with Crippen molar-refractivity contribution < 1.29 is 29.0 Å². The van der Waals surface area contributed by atoms with Gasteiger partial charge in [-0.3, -0.25) is 14.5 Å². The molecule has 2 aromatic carbocycles. The largest absolute Gasteiger partial charge is 0.495 e. The summed E-state index contributed by atoms with van der Waals surface area (Å²) in [5.74, 6) is -1.42. The van der Waals surface area contributed by atoms with Gasteiger partial charge in [0.25, 0.3) is 5.91 Å². The van der Waals surface area contributed by atoms with E-state index in [4.69, 9.17) is 21.1 Å². The first-order valence-corrected chi connectivity index (χ1v) is 9.02. The van der Waals surface area contributed by atoms with Crippen LogP contribution in [-0.4, -0.2) is 42.1 Å². The van der Waals surface area contributed by atoms with E-state index in [0.29, 0.717) is 22.2 Å². The first-order valence-electron chi connectivity index (χ1n) is 8.64. The summed E-state index contributed by atoms with van der Waals surface area (Å²) >= 11 is 5.98. The smallest absolute Gasteiger partial charge is 0.335 e. The maximum Gasteiger partial charge on any atom is 0.335 e. The van der Waals surface area contributed by atoms with Gasteiger partial charge >= 0.3 is 5.97 Å². The van der Waals surface area contributed by atoms with E-state index < -0.39 is 23.4 Å². The molecule has 0 unspecified atom stereocenters. The molecule has 1 aliphatic rings. The van der Waals surface area contributed by atoms with Gasteiger partial charge in [0.1, 0.15) is 18.0 Å². The van der Waals surface area contributed by atoms with Crippen molar-refractivity contribution in [2.75, 3.05) is 23.9 Å². The first-order chi connectivity index (χ1) is 13.6. The number of carboxylic acid groups (broad SMARTS) is 1. The zero-order valence-corrected chi connectivity index (χ0v) is 16.7. The molecule has 0 spiro atoms. The number of carboxylic acids is 1. The molecule has 2 N–H and O–H groups in total. The van der Waals surface area contributed by atoms with Gasteiger partial charge in [-0.2, -0.15) is 0 Å². The number of aromatic carboxylic acids is 1. The van der Waals surface area contributed by atoms with Crippen molar-refractivity contribution in [3.05, 3.63) is 47.0 Å². The lowest BCUT2D eigenvalue weighted by Crippen LogP contribution is -2.54. The molecule has 9 heteroatoms. The van der Waals surface area contributed by atoms with Crippen molar-refractivity contribution in [3.63, 3.8) is 0 Å². The Kier molecular flexibility index (Phi) is 5.39. The normalized spacial score (nSPS) is 14.6. The summed E-state index contributed by atoms with van der Waals surface area (Å²) in [5.41, 5.74) is -0.681. The van der Waals surface area contributed by atoms with Crippen LogP contribution < -0.4 is 19.7 Å². The van der Waals surface area contributed by atoms with Gasteiger partial charge in [0.05, 0.1) is 24.0 Å². The minimum atomic E-state index is -1.22. The standard InChI is InChI=1S/C20H19ClN2O6/c1-20(2)19(27)23(14-8-11(18(25)26)4-6-16(14)29-20)10-17(24)22-13-9-12(21)5-7-15(13)28-3/h4-9H,10H2,1-3H3,(H,22,24)(H,25,26). The third-order valence-corrected chi connectivity index (χ3v) is 4.59. The second-order valence-electron chi connectivity index (χ2n) is 6.88. The second-order valence-corrected chi connectivity index (χ2v) is 7.32. The summed E-state index contributed by atoms with van der Waals surface area (Å²) in [7, 11) is 1.45. The number of nitrogens with zero attached hydrogens (tertiary/aromatic N) is 1. The van der Waals surface area contributed by atoms with E-state index >= 15 is 0 Å². The van der Waals surface area contributed by atoms with Gasteiger partial charge in [-0.1, -0.05) is 11.6 Å². The number of benzene rings is 2. The van der Waals surface area contributed by atoms with Crippen molar-refractivity contribution in [2.45, 2.75) is 19.4 Å². The molecule has 0 aliphatic carbocycles. The van der Waals surface area contributed by atoms with E-state index in [1.807, 2.05) is 0 Å². The number of halogens is 1. The summed E-state index contributed by atoms with van der Waals surface area (Å²) in [6.45, 7) is 2.81. The molecule has 0 fully saturated rings. The lowest BCUT2D eigenvalue weighted by molar-refractivity contribution is -0.133. The minimum Gasteiger partial charge on any atom is -0.495 e. The highest BCUT2D eigenvalue weighted by atomic mass is 35.5. The van der Waals surface area contributed by atoms with Gasteiger partial charge in [0, 0.05) is 5.02 Å². The van der Waals surface area contributed by atoms with Gasteiger partial charge in [0.15, 0.2) is 5.60 Å². The van der Waals surface area contributed by atoms with Crippen LogP contribution in [0.15, 0.2) is 36.4 Å². The van der Waals surface area contributed by atoms with Crippen LogP contribution in [0.1, 0.15) is 24.2 Å². The highest BCUT2D eigenvalue weighted by molar-refractivity contribution is 6.31. The van der Waals surface area contributed by atoms with Crippen molar-refractivity contribution in [1.29, 1.82) is 0 Å². The fourth-order valence-electron chi connectivity index (χ4n) is 2.97. The fraction of sp³-hybridized carbons (Fsp3) is 0.250. The molecule has 1 heterocycles. The first kappa shape index (κ1) is 20.5. The van der Waals surface area contributed by atoms with E-state index in [-0.39, 0.29) is 17.8 Å². The van der Waals surface area contributed by atoms with Crippen LogP contribution in [0, 0.1) is 0 Å². The molecule has 0 saturated heterocycles. The lowest BCUT2D eigenvalue weighted by Gasteiger charge is -2.38. The molecule has 2 amide bonds. The van der Waals surface area contributed by atoms with Crippen LogP contribution in [0.4, 0.5) is 11.4 Å².